The fourth-order valence-corrected chi connectivity index (χ4v) is 5.54. The van der Waals surface area contributed by atoms with Crippen molar-refractivity contribution in [2.75, 3.05) is 19.0 Å². The number of anilines is 1. The summed E-state index contributed by atoms with van der Waals surface area (Å²) in [4.78, 5) is 13.0. The van der Waals surface area contributed by atoms with E-state index in [4.69, 9.17) is 16.3 Å². The highest BCUT2D eigenvalue weighted by atomic mass is 35.5. The van der Waals surface area contributed by atoms with Crippen LogP contribution in [0.2, 0.25) is 5.02 Å². The van der Waals surface area contributed by atoms with E-state index in [0.717, 1.165) is 37.7 Å². The van der Waals surface area contributed by atoms with Crippen LogP contribution in [0.4, 0.5) is 5.69 Å². The first-order valence-electron chi connectivity index (χ1n) is 10.0. The molecule has 1 fully saturated rings. The minimum atomic E-state index is -3.85. The summed E-state index contributed by atoms with van der Waals surface area (Å²) in [6, 6.07) is 11.3. The van der Waals surface area contributed by atoms with E-state index in [9.17, 15) is 13.2 Å². The van der Waals surface area contributed by atoms with Crippen LogP contribution in [0.15, 0.2) is 47.4 Å². The Kier molecular flexibility index (Phi) is 7.39. The number of rotatable bonds is 7. The molecule has 0 aromatic heterocycles. The third-order valence-corrected chi connectivity index (χ3v) is 7.50. The van der Waals surface area contributed by atoms with Crippen LogP contribution in [0.5, 0.6) is 5.75 Å². The Balaban J connectivity index is 1.86. The van der Waals surface area contributed by atoms with Gasteiger partial charge in [-0.25, -0.2) is 8.42 Å². The summed E-state index contributed by atoms with van der Waals surface area (Å²) in [5, 5.41) is 3.27. The lowest BCUT2D eigenvalue weighted by molar-refractivity contribution is -0.116. The molecule has 3 rings (SSSR count). The van der Waals surface area contributed by atoms with Crippen molar-refractivity contribution in [3.05, 3.63) is 53.1 Å². The van der Waals surface area contributed by atoms with Crippen molar-refractivity contribution in [3.8, 4) is 5.75 Å². The molecule has 6 nitrogen and oxygen atoms in total. The van der Waals surface area contributed by atoms with Gasteiger partial charge in [0.2, 0.25) is 15.9 Å². The van der Waals surface area contributed by atoms with Crippen LogP contribution in [0.1, 0.15) is 37.7 Å². The van der Waals surface area contributed by atoms with Gasteiger partial charge >= 0.3 is 0 Å². The third-order valence-electron chi connectivity index (χ3n) is 5.33. The van der Waals surface area contributed by atoms with Gasteiger partial charge in [-0.3, -0.25) is 4.79 Å². The summed E-state index contributed by atoms with van der Waals surface area (Å²) < 4.78 is 33.4. The highest BCUT2D eigenvalue weighted by Gasteiger charge is 2.34. The molecular weight excluding hydrogens is 424 g/mol. The molecule has 162 valence electrons. The van der Waals surface area contributed by atoms with Crippen molar-refractivity contribution >= 4 is 33.2 Å². The number of sulfonamides is 1. The average molecular weight is 451 g/mol. The number of hydrogen-bond donors (Lipinski definition) is 1. The molecule has 1 aliphatic rings. The molecule has 0 aliphatic heterocycles. The van der Waals surface area contributed by atoms with Crippen molar-refractivity contribution in [2.24, 2.45) is 0 Å². The van der Waals surface area contributed by atoms with E-state index < -0.39 is 15.9 Å². The largest absolute Gasteiger partial charge is 0.495 e. The van der Waals surface area contributed by atoms with E-state index in [-0.39, 0.29) is 17.5 Å². The highest BCUT2D eigenvalue weighted by molar-refractivity contribution is 7.89. The molecule has 0 atom stereocenters. The van der Waals surface area contributed by atoms with E-state index in [0.29, 0.717) is 16.5 Å². The molecule has 0 radical (unpaired) electrons. The average Bonchev–Trinajstić information content (AvgIpc) is 2.73. The summed E-state index contributed by atoms with van der Waals surface area (Å²) in [6.45, 7) is 1.65. The van der Waals surface area contributed by atoms with Crippen molar-refractivity contribution in [1.82, 2.24) is 4.31 Å². The maximum absolute atomic E-state index is 13.4. The van der Waals surface area contributed by atoms with Crippen LogP contribution in [0.25, 0.3) is 0 Å². The Hall–Kier alpha value is -2.09. The number of benzene rings is 2. The molecule has 8 heteroatoms. The Labute approximate surface area is 183 Å². The van der Waals surface area contributed by atoms with Crippen LogP contribution in [-0.4, -0.2) is 38.3 Å². The van der Waals surface area contributed by atoms with Gasteiger partial charge in [0.15, 0.2) is 0 Å². The standard InChI is InChI=1S/C22H27ClN2O4S/c1-16-8-13-21(29-2)20(14-16)24-22(26)15-25(18-6-4-3-5-7-18)30(27,28)19-11-9-17(23)10-12-19/h8-14,18H,3-7,15H2,1-2H3,(H,24,26). The molecule has 1 N–H and O–H groups in total. The second kappa shape index (κ2) is 9.81. The van der Waals surface area contributed by atoms with Gasteiger partial charge in [0.25, 0.3) is 0 Å². The number of ether oxygens (including phenoxy) is 1. The number of methoxy groups -OCH3 is 1. The van der Waals surface area contributed by atoms with Gasteiger partial charge in [0, 0.05) is 11.1 Å². The first-order valence-corrected chi connectivity index (χ1v) is 11.8. The molecule has 2 aromatic carbocycles. The fourth-order valence-electron chi connectivity index (χ4n) is 3.77. The predicted octanol–water partition coefficient (Wildman–Crippen LogP) is 4.62. The van der Waals surface area contributed by atoms with Crippen LogP contribution < -0.4 is 10.1 Å². The van der Waals surface area contributed by atoms with Crippen molar-refractivity contribution in [2.45, 2.75) is 50.0 Å². The number of carbonyl (C=O) groups excluding carboxylic acids is 1. The number of nitrogens with zero attached hydrogens (tertiary/aromatic N) is 1. The zero-order valence-electron chi connectivity index (χ0n) is 17.2. The van der Waals surface area contributed by atoms with Gasteiger partial charge in [0.1, 0.15) is 5.75 Å². The van der Waals surface area contributed by atoms with Gasteiger partial charge in [0.05, 0.1) is 24.2 Å². The third kappa shape index (κ3) is 5.33. The Morgan fingerprint density at radius 2 is 1.80 bits per heavy atom. The lowest BCUT2D eigenvalue weighted by Gasteiger charge is -2.33. The number of hydrogen-bond acceptors (Lipinski definition) is 4. The lowest BCUT2D eigenvalue weighted by Crippen LogP contribution is -2.45. The van der Waals surface area contributed by atoms with Gasteiger partial charge in [-0.1, -0.05) is 36.9 Å². The maximum atomic E-state index is 13.4. The van der Waals surface area contributed by atoms with Crippen LogP contribution in [0.3, 0.4) is 0 Å². The van der Waals surface area contributed by atoms with Gasteiger partial charge in [-0.05, 0) is 61.7 Å². The molecule has 0 unspecified atom stereocenters. The van der Waals surface area contributed by atoms with E-state index in [1.54, 1.807) is 24.3 Å². The summed E-state index contributed by atoms with van der Waals surface area (Å²) in [5.41, 5.74) is 1.49. The summed E-state index contributed by atoms with van der Waals surface area (Å²) in [7, 11) is -2.32. The number of amides is 1. The predicted molar refractivity (Wildman–Crippen MR) is 119 cm³/mol. The van der Waals surface area contributed by atoms with Crippen LogP contribution in [0, 0.1) is 6.92 Å². The normalized spacial score (nSPS) is 15.2. The first kappa shape index (κ1) is 22.6. The molecule has 2 aromatic rings. The molecule has 30 heavy (non-hydrogen) atoms. The SMILES string of the molecule is COc1ccc(C)cc1NC(=O)CN(C1CCCCC1)S(=O)(=O)c1ccc(Cl)cc1. The molecule has 0 saturated heterocycles. The quantitative estimate of drug-likeness (QED) is 0.667. The number of aryl methyl sites for hydroxylation is 1. The summed E-state index contributed by atoms with van der Waals surface area (Å²) in [5.74, 6) is 0.126. The molecule has 0 spiro atoms. The van der Waals surface area contributed by atoms with E-state index >= 15 is 0 Å². The number of nitrogens with one attached hydrogen (secondary N) is 1. The van der Waals surface area contributed by atoms with Crippen LogP contribution >= 0.6 is 11.6 Å². The Morgan fingerprint density at radius 1 is 1.13 bits per heavy atom. The fraction of sp³-hybridized carbons (Fsp3) is 0.409. The van der Waals surface area contributed by atoms with Gasteiger partial charge in [-0.2, -0.15) is 4.31 Å². The van der Waals surface area contributed by atoms with Crippen molar-refractivity contribution < 1.29 is 17.9 Å². The molecule has 0 bridgehead atoms. The van der Waals surface area contributed by atoms with Crippen molar-refractivity contribution in [1.29, 1.82) is 0 Å². The molecule has 1 aliphatic carbocycles. The van der Waals surface area contributed by atoms with Gasteiger partial charge in [-0.15, -0.1) is 0 Å². The lowest BCUT2D eigenvalue weighted by atomic mass is 9.95. The summed E-state index contributed by atoms with van der Waals surface area (Å²) >= 11 is 5.92. The molecule has 1 saturated carbocycles. The molecule has 1 amide bonds. The topological polar surface area (TPSA) is 75.7 Å². The second-order valence-corrected chi connectivity index (χ2v) is 9.87. The Morgan fingerprint density at radius 3 is 2.43 bits per heavy atom. The van der Waals surface area contributed by atoms with Crippen molar-refractivity contribution in [3.63, 3.8) is 0 Å². The maximum Gasteiger partial charge on any atom is 0.243 e. The molecular formula is C22H27ClN2O4S. The zero-order chi connectivity index (χ0) is 21.7. The van der Waals surface area contributed by atoms with E-state index in [1.165, 1.54) is 23.5 Å². The number of halogens is 1. The molecule has 0 heterocycles. The van der Waals surface area contributed by atoms with E-state index in [2.05, 4.69) is 5.32 Å². The monoisotopic (exact) mass is 450 g/mol. The minimum Gasteiger partial charge on any atom is -0.495 e. The smallest absolute Gasteiger partial charge is 0.243 e. The minimum absolute atomic E-state index is 0.137. The van der Waals surface area contributed by atoms with E-state index in [1.807, 2.05) is 13.0 Å². The van der Waals surface area contributed by atoms with Crippen LogP contribution in [-0.2, 0) is 14.8 Å². The summed E-state index contributed by atoms with van der Waals surface area (Å²) in [6.07, 6.45) is 4.47. The van der Waals surface area contributed by atoms with Gasteiger partial charge < -0.3 is 10.1 Å². The second-order valence-electron chi connectivity index (χ2n) is 7.55. The first-order chi connectivity index (χ1) is 14.3. The number of carbonyl (C=O) groups is 1. The zero-order valence-corrected chi connectivity index (χ0v) is 18.8. The Bertz CT molecular complexity index is 987. The highest BCUT2D eigenvalue weighted by Crippen LogP contribution is 2.29.